The van der Waals surface area contributed by atoms with E-state index < -0.39 is 0 Å². The maximum Gasteiger partial charge on any atom is 0.0565 e. The normalized spacial score (nSPS) is 14.8. The number of benzene rings is 10. The molecule has 0 aliphatic heterocycles. The van der Waals surface area contributed by atoms with Crippen molar-refractivity contribution >= 4 is 68.0 Å². The van der Waals surface area contributed by atoms with Gasteiger partial charge in [-0.05, 0) is 168 Å². The van der Waals surface area contributed by atoms with Crippen molar-refractivity contribution < 1.29 is 0 Å². The van der Waals surface area contributed by atoms with Crippen molar-refractivity contribution in [3.8, 4) is 11.1 Å². The lowest BCUT2D eigenvalue weighted by Gasteiger charge is -2.34. The summed E-state index contributed by atoms with van der Waals surface area (Å²) in [6.07, 6.45) is 15.4. The molecule has 0 bridgehead atoms. The van der Waals surface area contributed by atoms with Crippen molar-refractivity contribution in [2.45, 2.75) is 24.9 Å². The van der Waals surface area contributed by atoms with E-state index in [0.29, 0.717) is 0 Å². The Morgan fingerprint density at radius 1 is 0.237 bits per heavy atom. The highest BCUT2D eigenvalue weighted by Crippen LogP contribution is 2.43. The number of hydrogen-bond acceptors (Lipinski definition) is 4. The van der Waals surface area contributed by atoms with Crippen LogP contribution in [-0.2, 0) is 0 Å². The summed E-state index contributed by atoms with van der Waals surface area (Å²) in [5, 5.41) is 0. The molecule has 10 aromatic carbocycles. The van der Waals surface area contributed by atoms with Gasteiger partial charge in [-0.2, -0.15) is 0 Å². The molecule has 2 unspecified atom stereocenters. The van der Waals surface area contributed by atoms with Crippen LogP contribution in [0.2, 0.25) is 0 Å². The minimum atomic E-state index is 0.0673. The van der Waals surface area contributed by atoms with E-state index in [2.05, 4.69) is 335 Å². The van der Waals surface area contributed by atoms with Gasteiger partial charge in [0.05, 0.1) is 12.1 Å². The minimum Gasteiger partial charge on any atom is -0.334 e. The number of hydrogen-bond donors (Lipinski definition) is 0. The highest BCUT2D eigenvalue weighted by atomic mass is 15.2. The third kappa shape index (κ3) is 10.3. The molecule has 0 fully saturated rings. The van der Waals surface area contributed by atoms with Crippen LogP contribution in [0.5, 0.6) is 0 Å². The standard InChI is InChI=1S/C72H58N4/c1-7-31-61(32-8-1)73(62-33-9-2-10-34-62)67-43-19-25-55(49-67)57-27-21-45-69(51-57)75(65-39-15-5-16-40-65)71-47-23-29-59(53-71)60-30-24-48-72(54-60)76(66-41-17-6-18-42-66)70-46-22-28-58(52-70)56-26-20-44-68(50-56)74(63-35-11-3-12-36-63)64-37-13-4-14-38-64/h1-49,52-54,68-69H,50-51H2. The van der Waals surface area contributed by atoms with Crippen molar-refractivity contribution in [2.24, 2.45) is 0 Å². The molecule has 0 radical (unpaired) electrons. The first kappa shape index (κ1) is 47.4. The molecule has 0 spiro atoms. The van der Waals surface area contributed by atoms with Gasteiger partial charge in [-0.1, -0.05) is 194 Å². The summed E-state index contributed by atoms with van der Waals surface area (Å²) < 4.78 is 0. The highest BCUT2D eigenvalue weighted by molar-refractivity contribution is 5.85. The first-order valence-corrected chi connectivity index (χ1v) is 26.4. The predicted molar refractivity (Wildman–Crippen MR) is 322 cm³/mol. The van der Waals surface area contributed by atoms with E-state index in [1.165, 1.54) is 33.6 Å². The molecule has 0 heterocycles. The van der Waals surface area contributed by atoms with E-state index >= 15 is 0 Å². The zero-order valence-electron chi connectivity index (χ0n) is 42.4. The monoisotopic (exact) mass is 978 g/mol. The quantitative estimate of drug-likeness (QED) is 0.101. The average molecular weight is 979 g/mol. The van der Waals surface area contributed by atoms with Crippen LogP contribution in [0.1, 0.15) is 24.0 Å². The molecular formula is C72H58N4. The van der Waals surface area contributed by atoms with Gasteiger partial charge in [0.15, 0.2) is 0 Å². The van der Waals surface area contributed by atoms with Crippen molar-refractivity contribution in [3.63, 3.8) is 0 Å². The number of anilines is 10. The topological polar surface area (TPSA) is 13.0 Å². The fraction of sp³-hybridized carbons (Fsp3) is 0.0556. The van der Waals surface area contributed by atoms with Gasteiger partial charge >= 0.3 is 0 Å². The summed E-state index contributed by atoms with van der Waals surface area (Å²) in [6, 6.07) is 101. The van der Waals surface area contributed by atoms with Crippen molar-refractivity contribution in [3.05, 3.63) is 327 Å². The van der Waals surface area contributed by atoms with E-state index in [1.807, 2.05) is 0 Å². The molecule has 2 aliphatic carbocycles. The summed E-state index contributed by atoms with van der Waals surface area (Å²) in [5.41, 5.74) is 18.6. The Morgan fingerprint density at radius 3 is 0.868 bits per heavy atom. The number of nitrogens with zero attached hydrogens (tertiary/aromatic N) is 4. The van der Waals surface area contributed by atoms with E-state index in [4.69, 9.17) is 0 Å². The lowest BCUT2D eigenvalue weighted by Crippen LogP contribution is -2.30. The highest BCUT2D eigenvalue weighted by Gasteiger charge is 2.26. The van der Waals surface area contributed by atoms with Gasteiger partial charge in [0.25, 0.3) is 0 Å². The van der Waals surface area contributed by atoms with Gasteiger partial charge in [-0.25, -0.2) is 0 Å². The number of para-hydroxylation sites is 6. The Labute approximate surface area is 448 Å². The Balaban J connectivity index is 0.845. The maximum atomic E-state index is 2.50. The molecule has 0 N–H and O–H groups in total. The predicted octanol–water partition coefficient (Wildman–Crippen LogP) is 19.4. The second-order valence-electron chi connectivity index (χ2n) is 19.3. The smallest absolute Gasteiger partial charge is 0.0565 e. The molecule has 4 heteroatoms. The van der Waals surface area contributed by atoms with Gasteiger partial charge in [0.1, 0.15) is 0 Å². The van der Waals surface area contributed by atoms with Gasteiger partial charge in [0, 0.05) is 56.9 Å². The van der Waals surface area contributed by atoms with Crippen LogP contribution in [0.3, 0.4) is 0 Å². The second kappa shape index (κ2) is 22.2. The SMILES string of the molecule is C1=CC(N(c2ccccc2)c2ccccc2)CC(c2cccc(N(c3ccccc3)c3cccc(-c4cccc(N(c5ccccc5)C5C=CC=C(c6cccc(N(c7ccccc7)c7ccccc7)c6)C5)c4)c3)c2)=C1. The van der Waals surface area contributed by atoms with E-state index in [-0.39, 0.29) is 12.1 Å². The summed E-state index contributed by atoms with van der Waals surface area (Å²) in [6.45, 7) is 0. The van der Waals surface area contributed by atoms with E-state index in [1.54, 1.807) is 0 Å². The fourth-order valence-electron chi connectivity index (χ4n) is 10.9. The molecule has 10 aromatic rings. The molecule has 2 atom stereocenters. The summed E-state index contributed by atoms with van der Waals surface area (Å²) >= 11 is 0. The van der Waals surface area contributed by atoms with Crippen LogP contribution in [0.25, 0.3) is 22.3 Å². The zero-order chi connectivity index (χ0) is 50.9. The zero-order valence-corrected chi connectivity index (χ0v) is 42.4. The third-order valence-corrected chi connectivity index (χ3v) is 14.4. The lowest BCUT2D eigenvalue weighted by molar-refractivity contribution is 0.795. The molecule has 0 aromatic heterocycles. The largest absolute Gasteiger partial charge is 0.334 e. The van der Waals surface area contributed by atoms with Crippen LogP contribution < -0.4 is 19.6 Å². The molecular weight excluding hydrogens is 921 g/mol. The Hall–Kier alpha value is -9.64. The Morgan fingerprint density at radius 2 is 0.500 bits per heavy atom. The minimum absolute atomic E-state index is 0.0673. The number of rotatable bonds is 15. The molecule has 366 valence electrons. The van der Waals surface area contributed by atoms with Crippen LogP contribution in [0.4, 0.5) is 56.9 Å². The molecule has 12 rings (SSSR count). The van der Waals surface area contributed by atoms with Crippen LogP contribution in [0, 0.1) is 0 Å². The van der Waals surface area contributed by atoms with Crippen LogP contribution in [-0.4, -0.2) is 12.1 Å². The molecule has 4 nitrogen and oxygen atoms in total. The van der Waals surface area contributed by atoms with Crippen molar-refractivity contribution in [2.75, 3.05) is 19.6 Å². The van der Waals surface area contributed by atoms with Crippen LogP contribution >= 0.6 is 0 Å². The van der Waals surface area contributed by atoms with E-state index in [9.17, 15) is 0 Å². The maximum absolute atomic E-state index is 2.50. The Kier molecular flexibility index (Phi) is 13.9. The fourth-order valence-corrected chi connectivity index (χ4v) is 10.9. The summed E-state index contributed by atoms with van der Waals surface area (Å²) in [7, 11) is 0. The molecule has 76 heavy (non-hydrogen) atoms. The van der Waals surface area contributed by atoms with Gasteiger partial charge in [-0.15, -0.1) is 0 Å². The van der Waals surface area contributed by atoms with E-state index in [0.717, 1.165) is 69.5 Å². The first-order chi connectivity index (χ1) is 37.7. The van der Waals surface area contributed by atoms with Gasteiger partial charge < -0.3 is 19.6 Å². The molecule has 0 saturated carbocycles. The molecule has 0 amide bonds. The second-order valence-corrected chi connectivity index (χ2v) is 19.3. The molecule has 2 aliphatic rings. The number of allylic oxidation sites excluding steroid dienone is 4. The summed E-state index contributed by atoms with van der Waals surface area (Å²) in [4.78, 5) is 9.68. The van der Waals surface area contributed by atoms with Gasteiger partial charge in [0.2, 0.25) is 0 Å². The van der Waals surface area contributed by atoms with Crippen molar-refractivity contribution in [1.29, 1.82) is 0 Å². The van der Waals surface area contributed by atoms with Gasteiger partial charge in [-0.3, -0.25) is 0 Å². The third-order valence-electron chi connectivity index (χ3n) is 14.4. The first-order valence-electron chi connectivity index (χ1n) is 26.4. The van der Waals surface area contributed by atoms with Crippen LogP contribution in [0.15, 0.2) is 316 Å². The molecule has 0 saturated heterocycles. The van der Waals surface area contributed by atoms with Crippen molar-refractivity contribution in [1.82, 2.24) is 0 Å². The summed E-state index contributed by atoms with van der Waals surface area (Å²) in [5.74, 6) is 0. The average Bonchev–Trinajstić information content (AvgIpc) is 3.50. The lowest BCUT2D eigenvalue weighted by atomic mass is 9.92. The Bertz CT molecular complexity index is 3590.